The number of nitrogens with zero attached hydrogens (tertiary/aromatic N) is 1. The van der Waals surface area contributed by atoms with Crippen LogP contribution in [0.2, 0.25) is 5.02 Å². The maximum atomic E-state index is 8.98. The van der Waals surface area contributed by atoms with Gasteiger partial charge < -0.3 is 10.1 Å². The van der Waals surface area contributed by atoms with E-state index in [0.29, 0.717) is 11.6 Å². The SMILES string of the molecule is CNC(C)c1cc(Cl)ccc1OCCCC(C)(C)C#N. The molecule has 0 saturated heterocycles. The second kappa shape index (κ2) is 7.52. The fraction of sp³-hybridized carbons (Fsp3) is 0.562. The Balaban J connectivity index is 2.62. The van der Waals surface area contributed by atoms with Gasteiger partial charge in [0.15, 0.2) is 0 Å². The van der Waals surface area contributed by atoms with E-state index in [2.05, 4.69) is 18.3 Å². The Hall–Kier alpha value is -1.24. The fourth-order valence-corrected chi connectivity index (χ4v) is 2.08. The molecule has 1 aromatic rings. The van der Waals surface area contributed by atoms with Gasteiger partial charge in [0.2, 0.25) is 0 Å². The second-order valence-corrected chi connectivity index (χ2v) is 6.08. The topological polar surface area (TPSA) is 45.0 Å². The van der Waals surface area contributed by atoms with Crippen molar-refractivity contribution in [3.63, 3.8) is 0 Å². The van der Waals surface area contributed by atoms with Crippen LogP contribution in [0.4, 0.5) is 0 Å². The summed E-state index contributed by atoms with van der Waals surface area (Å²) in [4.78, 5) is 0. The summed E-state index contributed by atoms with van der Waals surface area (Å²) < 4.78 is 5.85. The summed E-state index contributed by atoms with van der Waals surface area (Å²) in [5.74, 6) is 0.853. The highest BCUT2D eigenvalue weighted by molar-refractivity contribution is 6.30. The molecule has 1 unspecified atom stereocenters. The van der Waals surface area contributed by atoms with Gasteiger partial charge in [0.05, 0.1) is 18.1 Å². The van der Waals surface area contributed by atoms with E-state index in [1.54, 1.807) is 0 Å². The van der Waals surface area contributed by atoms with E-state index in [1.165, 1.54) is 0 Å². The van der Waals surface area contributed by atoms with Crippen molar-refractivity contribution in [3.05, 3.63) is 28.8 Å². The highest BCUT2D eigenvalue weighted by Crippen LogP contribution is 2.29. The van der Waals surface area contributed by atoms with Crippen LogP contribution in [0.3, 0.4) is 0 Å². The third kappa shape index (κ3) is 5.03. The Kier molecular flexibility index (Phi) is 6.32. The molecule has 0 spiro atoms. The van der Waals surface area contributed by atoms with Crippen LogP contribution in [0.1, 0.15) is 45.2 Å². The molecule has 20 heavy (non-hydrogen) atoms. The molecule has 1 aromatic carbocycles. The molecule has 0 amide bonds. The first kappa shape index (κ1) is 16.8. The van der Waals surface area contributed by atoms with E-state index >= 15 is 0 Å². The first-order chi connectivity index (χ1) is 9.39. The lowest BCUT2D eigenvalue weighted by Crippen LogP contribution is -2.15. The van der Waals surface area contributed by atoms with Crippen molar-refractivity contribution in [1.29, 1.82) is 5.26 Å². The number of benzene rings is 1. The molecular weight excluding hydrogens is 272 g/mol. The summed E-state index contributed by atoms with van der Waals surface area (Å²) >= 11 is 6.04. The van der Waals surface area contributed by atoms with Crippen LogP contribution < -0.4 is 10.1 Å². The van der Waals surface area contributed by atoms with Crippen LogP contribution >= 0.6 is 11.6 Å². The summed E-state index contributed by atoms with van der Waals surface area (Å²) in [7, 11) is 1.91. The molecular formula is C16H23ClN2O. The van der Waals surface area contributed by atoms with Gasteiger partial charge in [-0.1, -0.05) is 11.6 Å². The molecule has 0 aliphatic carbocycles. The Bertz CT molecular complexity index is 480. The zero-order valence-electron chi connectivity index (χ0n) is 12.7. The van der Waals surface area contributed by atoms with Crippen molar-refractivity contribution in [2.24, 2.45) is 5.41 Å². The van der Waals surface area contributed by atoms with Gasteiger partial charge in [0.1, 0.15) is 5.75 Å². The molecule has 4 heteroatoms. The molecule has 0 aliphatic heterocycles. The van der Waals surface area contributed by atoms with Crippen molar-refractivity contribution >= 4 is 11.6 Å². The molecule has 1 N–H and O–H groups in total. The maximum Gasteiger partial charge on any atom is 0.124 e. The number of ether oxygens (including phenoxy) is 1. The van der Waals surface area contributed by atoms with Crippen LogP contribution in [0.25, 0.3) is 0 Å². The maximum absolute atomic E-state index is 8.98. The van der Waals surface area contributed by atoms with Gasteiger partial charge in [0.25, 0.3) is 0 Å². The van der Waals surface area contributed by atoms with Crippen LogP contribution in [-0.2, 0) is 0 Å². The van der Waals surface area contributed by atoms with E-state index in [9.17, 15) is 0 Å². The Morgan fingerprint density at radius 3 is 2.75 bits per heavy atom. The predicted octanol–water partition coefficient (Wildman–Crippen LogP) is 4.33. The highest BCUT2D eigenvalue weighted by atomic mass is 35.5. The molecule has 0 heterocycles. The second-order valence-electron chi connectivity index (χ2n) is 5.64. The Morgan fingerprint density at radius 1 is 1.45 bits per heavy atom. The first-order valence-corrected chi connectivity index (χ1v) is 7.28. The van der Waals surface area contributed by atoms with Crippen LogP contribution in [0.5, 0.6) is 5.75 Å². The number of nitriles is 1. The molecule has 1 atom stereocenters. The van der Waals surface area contributed by atoms with Gasteiger partial charge in [-0.3, -0.25) is 0 Å². The van der Waals surface area contributed by atoms with E-state index in [4.69, 9.17) is 21.6 Å². The van der Waals surface area contributed by atoms with E-state index in [-0.39, 0.29) is 11.5 Å². The largest absolute Gasteiger partial charge is 0.493 e. The standard InChI is InChI=1S/C16H23ClN2O/c1-12(19-4)14-10-13(17)6-7-15(14)20-9-5-8-16(2,3)11-18/h6-7,10,12,19H,5,8-9H2,1-4H3. The smallest absolute Gasteiger partial charge is 0.124 e. The number of nitrogens with one attached hydrogen (secondary N) is 1. The predicted molar refractivity (Wildman–Crippen MR) is 83.0 cm³/mol. The summed E-state index contributed by atoms with van der Waals surface area (Å²) in [6, 6.07) is 8.15. The molecule has 110 valence electrons. The minimum Gasteiger partial charge on any atom is -0.493 e. The molecule has 0 saturated carbocycles. The normalized spacial score (nSPS) is 12.8. The molecule has 0 aromatic heterocycles. The van der Waals surface area contributed by atoms with Crippen molar-refractivity contribution < 1.29 is 4.74 Å². The van der Waals surface area contributed by atoms with Gasteiger partial charge in [-0.2, -0.15) is 5.26 Å². The molecule has 0 bridgehead atoms. The van der Waals surface area contributed by atoms with Gasteiger partial charge in [-0.25, -0.2) is 0 Å². The average Bonchev–Trinajstić information content (AvgIpc) is 2.44. The minimum atomic E-state index is -0.287. The van der Waals surface area contributed by atoms with E-state index in [1.807, 2.05) is 39.1 Å². The van der Waals surface area contributed by atoms with Gasteiger partial charge in [-0.05, 0) is 58.9 Å². The number of hydrogen-bond donors (Lipinski definition) is 1. The molecule has 0 fully saturated rings. The minimum absolute atomic E-state index is 0.180. The van der Waals surface area contributed by atoms with Crippen LogP contribution in [0.15, 0.2) is 18.2 Å². The first-order valence-electron chi connectivity index (χ1n) is 6.90. The summed E-state index contributed by atoms with van der Waals surface area (Å²) in [6.07, 6.45) is 1.69. The molecule has 1 rings (SSSR count). The van der Waals surface area contributed by atoms with E-state index in [0.717, 1.165) is 24.2 Å². The van der Waals surface area contributed by atoms with Gasteiger partial charge >= 0.3 is 0 Å². The molecule has 0 aliphatic rings. The van der Waals surface area contributed by atoms with Crippen molar-refractivity contribution in [1.82, 2.24) is 5.32 Å². The quantitative estimate of drug-likeness (QED) is 0.761. The molecule has 0 radical (unpaired) electrons. The number of rotatable bonds is 7. The summed E-state index contributed by atoms with van der Waals surface area (Å²) in [5, 5.41) is 12.9. The van der Waals surface area contributed by atoms with Crippen molar-refractivity contribution in [2.75, 3.05) is 13.7 Å². The van der Waals surface area contributed by atoms with Crippen molar-refractivity contribution in [2.45, 2.75) is 39.7 Å². The Labute approximate surface area is 126 Å². The lowest BCUT2D eigenvalue weighted by Gasteiger charge is -2.18. The Morgan fingerprint density at radius 2 is 2.15 bits per heavy atom. The van der Waals surface area contributed by atoms with E-state index < -0.39 is 0 Å². The van der Waals surface area contributed by atoms with Crippen molar-refractivity contribution in [3.8, 4) is 11.8 Å². The summed E-state index contributed by atoms with van der Waals surface area (Å²) in [6.45, 7) is 6.57. The van der Waals surface area contributed by atoms with Gasteiger partial charge in [-0.15, -0.1) is 0 Å². The third-order valence-electron chi connectivity index (χ3n) is 3.38. The summed E-state index contributed by atoms with van der Waals surface area (Å²) in [5.41, 5.74) is 0.768. The third-order valence-corrected chi connectivity index (χ3v) is 3.61. The molecule has 3 nitrogen and oxygen atoms in total. The highest BCUT2D eigenvalue weighted by Gasteiger charge is 2.16. The monoisotopic (exact) mass is 294 g/mol. The fourth-order valence-electron chi connectivity index (χ4n) is 1.90. The zero-order valence-corrected chi connectivity index (χ0v) is 13.4. The number of halogens is 1. The zero-order chi connectivity index (χ0) is 15.2. The van der Waals surface area contributed by atoms with Gasteiger partial charge in [0, 0.05) is 16.6 Å². The average molecular weight is 295 g/mol. The number of hydrogen-bond acceptors (Lipinski definition) is 3. The van der Waals surface area contributed by atoms with Crippen LogP contribution in [-0.4, -0.2) is 13.7 Å². The lowest BCUT2D eigenvalue weighted by atomic mass is 9.90. The van der Waals surface area contributed by atoms with Crippen LogP contribution in [0, 0.1) is 16.7 Å². The lowest BCUT2D eigenvalue weighted by molar-refractivity contribution is 0.280.